The molecule has 0 atom stereocenters. The van der Waals surface area contributed by atoms with Gasteiger partial charge in [-0.3, -0.25) is 4.79 Å². The number of nitrogens with zero attached hydrogens (tertiary/aromatic N) is 1. The lowest BCUT2D eigenvalue weighted by Crippen LogP contribution is -2.03. The van der Waals surface area contributed by atoms with Gasteiger partial charge < -0.3 is 0 Å². The summed E-state index contributed by atoms with van der Waals surface area (Å²) in [5.74, 6) is 0. The van der Waals surface area contributed by atoms with Crippen molar-refractivity contribution in [1.82, 2.24) is 4.98 Å². The van der Waals surface area contributed by atoms with Crippen molar-refractivity contribution in [3.8, 4) is 0 Å². The van der Waals surface area contributed by atoms with Crippen LogP contribution in [0.2, 0.25) is 0 Å². The molecular weight excluding hydrogens is 394 g/mol. The molecule has 0 aliphatic carbocycles. The van der Waals surface area contributed by atoms with Crippen molar-refractivity contribution < 1.29 is 13.6 Å². The Morgan fingerprint density at radius 2 is 2.21 bits per heavy atom. The first kappa shape index (κ1) is 12.3. The normalized spacial score (nSPS) is 10.7. The molecule has 1 aromatic rings. The maximum absolute atomic E-state index is 12.6. The average Bonchev–Trinajstić information content (AvgIpc) is 2.08. The molecule has 1 aromatic heterocycles. The summed E-state index contributed by atoms with van der Waals surface area (Å²) in [6, 6.07) is 0. The minimum Gasteiger partial charge on any atom is -0.276 e. The lowest BCUT2D eigenvalue weighted by Gasteiger charge is -2.08. The molecule has 14 heavy (non-hydrogen) atoms. The Bertz CT molecular complexity index is 388. The van der Waals surface area contributed by atoms with E-state index in [1.54, 1.807) is 22.6 Å². The fourth-order valence-corrected chi connectivity index (χ4v) is 1.98. The topological polar surface area (TPSA) is 30.0 Å². The quantitative estimate of drug-likeness (QED) is 0.433. The smallest absolute Gasteiger partial charge is 0.265 e. The number of hydrogen-bond donors (Lipinski definition) is 0. The predicted octanol–water partition coefficient (Wildman–Crippen LogP) is 3.77. The van der Waals surface area contributed by atoms with Crippen LogP contribution in [0.5, 0.6) is 0 Å². The highest BCUT2D eigenvalue weighted by Gasteiger charge is 2.22. The fraction of sp³-hybridized carbons (Fsp3) is 0.143. The number of carbonyl (C=O) groups excluding carboxylic acids is 1. The van der Waals surface area contributed by atoms with Gasteiger partial charge in [0.25, 0.3) is 11.7 Å². The van der Waals surface area contributed by atoms with Crippen LogP contribution < -0.4 is 0 Å². The molecule has 0 radical (unpaired) electrons. The second kappa shape index (κ2) is 4.80. The van der Waals surface area contributed by atoms with Gasteiger partial charge in [0.1, 0.15) is 4.60 Å². The molecule has 0 saturated heterocycles. The summed E-state index contributed by atoms with van der Waals surface area (Å²) in [5.41, 5.74) is -0.637. The molecular formula is C7H2BrClF2INO. The third kappa shape index (κ3) is 2.40. The number of aromatic nitrogens is 1. The van der Waals surface area contributed by atoms with E-state index in [0.29, 0.717) is 0 Å². The molecule has 0 bridgehead atoms. The molecule has 0 fully saturated rings. The van der Waals surface area contributed by atoms with Crippen LogP contribution in [0.1, 0.15) is 22.3 Å². The molecule has 0 aromatic carbocycles. The predicted molar refractivity (Wildman–Crippen MR) is 59.8 cm³/mol. The van der Waals surface area contributed by atoms with Gasteiger partial charge in [-0.15, -0.1) is 0 Å². The van der Waals surface area contributed by atoms with Crippen molar-refractivity contribution in [2.24, 2.45) is 0 Å². The minimum atomic E-state index is -2.75. The zero-order valence-corrected chi connectivity index (χ0v) is 10.9. The van der Waals surface area contributed by atoms with Crippen LogP contribution in [-0.2, 0) is 0 Å². The molecule has 0 amide bonds. The second-order valence-electron chi connectivity index (χ2n) is 2.26. The lowest BCUT2D eigenvalue weighted by atomic mass is 10.1. The van der Waals surface area contributed by atoms with Gasteiger partial charge in [-0.25, -0.2) is 13.8 Å². The second-order valence-corrected chi connectivity index (χ2v) is 4.44. The molecule has 1 rings (SSSR count). The Kier molecular flexibility index (Phi) is 4.20. The summed E-state index contributed by atoms with van der Waals surface area (Å²) in [6.45, 7) is 0. The number of alkyl halides is 2. The number of pyridine rings is 1. The van der Waals surface area contributed by atoms with Gasteiger partial charge in [0.05, 0.1) is 9.13 Å². The summed E-state index contributed by atoms with van der Waals surface area (Å²) in [6.07, 6.45) is -1.72. The summed E-state index contributed by atoms with van der Waals surface area (Å²) in [4.78, 5) is 14.5. The highest BCUT2D eigenvalue weighted by atomic mass is 127. The van der Waals surface area contributed by atoms with Gasteiger partial charge in [0.15, 0.2) is 0 Å². The van der Waals surface area contributed by atoms with Crippen LogP contribution in [0.25, 0.3) is 0 Å². The summed E-state index contributed by atoms with van der Waals surface area (Å²) >= 11 is 9.82. The number of rotatable bonds is 2. The van der Waals surface area contributed by atoms with Gasteiger partial charge in [-0.2, -0.15) is 0 Å². The zero-order chi connectivity index (χ0) is 10.9. The highest BCUT2D eigenvalue weighted by molar-refractivity contribution is 14.1. The Morgan fingerprint density at radius 1 is 1.64 bits per heavy atom. The van der Waals surface area contributed by atoms with Gasteiger partial charge in [-0.1, -0.05) is 0 Å². The SMILES string of the molecule is O=C(Cl)c1cnc(Br)c(I)c1C(F)F. The lowest BCUT2D eigenvalue weighted by molar-refractivity contribution is 0.106. The van der Waals surface area contributed by atoms with E-state index in [4.69, 9.17) is 11.6 Å². The monoisotopic (exact) mass is 395 g/mol. The molecule has 0 aliphatic heterocycles. The van der Waals surface area contributed by atoms with E-state index >= 15 is 0 Å². The van der Waals surface area contributed by atoms with Crippen molar-refractivity contribution in [3.05, 3.63) is 25.5 Å². The zero-order valence-electron chi connectivity index (χ0n) is 6.40. The van der Waals surface area contributed by atoms with Crippen LogP contribution in [0.4, 0.5) is 8.78 Å². The molecule has 1 heterocycles. The first-order chi connectivity index (χ1) is 6.45. The van der Waals surface area contributed by atoms with Crippen molar-refractivity contribution in [1.29, 1.82) is 0 Å². The maximum atomic E-state index is 12.6. The Labute approximate surface area is 105 Å². The van der Waals surface area contributed by atoms with Crippen LogP contribution >= 0.6 is 50.1 Å². The molecule has 0 aliphatic rings. The minimum absolute atomic E-state index is 0.198. The van der Waals surface area contributed by atoms with E-state index in [2.05, 4.69) is 20.9 Å². The standard InChI is InChI=1S/C7H2BrClF2INO/c8-5-4(12)3(7(10)11)2(1-13-5)6(9)14/h1,7H. The van der Waals surface area contributed by atoms with E-state index in [0.717, 1.165) is 6.20 Å². The van der Waals surface area contributed by atoms with Crippen molar-refractivity contribution in [3.63, 3.8) is 0 Å². The fourth-order valence-electron chi connectivity index (χ4n) is 0.847. The Balaban J connectivity index is 3.45. The van der Waals surface area contributed by atoms with E-state index in [1.807, 2.05) is 0 Å². The van der Waals surface area contributed by atoms with Gasteiger partial charge in [-0.05, 0) is 50.1 Å². The molecule has 76 valence electrons. The van der Waals surface area contributed by atoms with E-state index in [9.17, 15) is 13.6 Å². The first-order valence-electron chi connectivity index (χ1n) is 3.27. The van der Waals surface area contributed by atoms with Crippen LogP contribution in [-0.4, -0.2) is 10.2 Å². The summed E-state index contributed by atoms with van der Waals surface area (Å²) < 4.78 is 25.6. The molecule has 0 unspecified atom stereocenters. The summed E-state index contributed by atoms with van der Waals surface area (Å²) in [7, 11) is 0. The number of hydrogen-bond acceptors (Lipinski definition) is 2. The van der Waals surface area contributed by atoms with E-state index < -0.39 is 11.7 Å². The van der Waals surface area contributed by atoms with Crippen LogP contribution in [0.3, 0.4) is 0 Å². The van der Waals surface area contributed by atoms with Crippen molar-refractivity contribution in [2.45, 2.75) is 6.43 Å². The molecule has 7 heteroatoms. The van der Waals surface area contributed by atoms with E-state index in [1.165, 1.54) is 0 Å². The Hall–Kier alpha value is 0.180. The van der Waals surface area contributed by atoms with Gasteiger partial charge >= 0.3 is 0 Å². The van der Waals surface area contributed by atoms with Crippen molar-refractivity contribution in [2.75, 3.05) is 0 Å². The third-order valence-corrected chi connectivity index (χ3v) is 4.08. The molecule has 0 saturated carbocycles. The largest absolute Gasteiger partial charge is 0.276 e. The van der Waals surface area contributed by atoms with E-state index in [-0.39, 0.29) is 19.3 Å². The maximum Gasteiger partial charge on any atom is 0.265 e. The first-order valence-corrected chi connectivity index (χ1v) is 5.52. The number of halogens is 5. The molecule has 0 spiro atoms. The van der Waals surface area contributed by atoms with Gasteiger partial charge in [0, 0.05) is 11.8 Å². The summed E-state index contributed by atoms with van der Waals surface area (Å²) in [5, 5.41) is -0.932. The average molecular weight is 396 g/mol. The molecule has 0 N–H and O–H groups in total. The van der Waals surface area contributed by atoms with Crippen LogP contribution in [0.15, 0.2) is 10.8 Å². The Morgan fingerprint density at radius 3 is 2.64 bits per heavy atom. The van der Waals surface area contributed by atoms with Crippen LogP contribution in [0, 0.1) is 3.57 Å². The third-order valence-electron chi connectivity index (χ3n) is 1.44. The van der Waals surface area contributed by atoms with Crippen molar-refractivity contribution >= 4 is 55.4 Å². The van der Waals surface area contributed by atoms with Gasteiger partial charge in [0.2, 0.25) is 0 Å². The number of carbonyl (C=O) groups is 1. The molecule has 2 nitrogen and oxygen atoms in total. The highest BCUT2D eigenvalue weighted by Crippen LogP contribution is 2.32.